The smallest absolute Gasteiger partial charge is 0.295 e. The fraction of sp³-hybridized carbons (Fsp3) is 0.429. The summed E-state index contributed by atoms with van der Waals surface area (Å²) in [5.41, 5.74) is 0.963. The van der Waals surface area contributed by atoms with Crippen LogP contribution >= 0.6 is 0 Å². The Labute approximate surface area is 211 Å². The number of amides is 1. The van der Waals surface area contributed by atoms with E-state index in [1.165, 1.54) is 29.2 Å². The van der Waals surface area contributed by atoms with Gasteiger partial charge in [0.25, 0.3) is 11.7 Å². The Morgan fingerprint density at radius 3 is 2.56 bits per heavy atom. The number of nitrogens with zero attached hydrogens (tertiary/aromatic N) is 2. The van der Waals surface area contributed by atoms with Gasteiger partial charge in [-0.3, -0.25) is 14.5 Å². The largest absolute Gasteiger partial charge is 0.507 e. The van der Waals surface area contributed by atoms with Gasteiger partial charge >= 0.3 is 0 Å². The maximum Gasteiger partial charge on any atom is 0.295 e. The van der Waals surface area contributed by atoms with Crippen LogP contribution in [0.15, 0.2) is 54.1 Å². The first-order valence-electron chi connectivity index (χ1n) is 12.6. The molecular formula is C28H33FN2O5. The molecule has 0 saturated carbocycles. The molecule has 2 aromatic rings. The summed E-state index contributed by atoms with van der Waals surface area (Å²) in [4.78, 5) is 30.2. The van der Waals surface area contributed by atoms with Gasteiger partial charge in [0.2, 0.25) is 0 Å². The number of carbonyl (C=O) groups excluding carboxylic acids is 2. The van der Waals surface area contributed by atoms with Crippen LogP contribution in [0, 0.1) is 5.82 Å². The minimum Gasteiger partial charge on any atom is -0.507 e. The van der Waals surface area contributed by atoms with Gasteiger partial charge in [0.15, 0.2) is 0 Å². The number of aliphatic hydroxyl groups excluding tert-OH is 1. The lowest BCUT2D eigenvalue weighted by atomic mass is 9.95. The molecule has 1 unspecified atom stereocenters. The number of unbranched alkanes of at least 4 members (excludes halogenated alkanes) is 1. The summed E-state index contributed by atoms with van der Waals surface area (Å²) in [6.45, 7) is 6.83. The molecule has 1 atom stereocenters. The van der Waals surface area contributed by atoms with E-state index in [0.29, 0.717) is 44.1 Å². The first-order chi connectivity index (χ1) is 17.5. The molecule has 36 heavy (non-hydrogen) atoms. The Morgan fingerprint density at radius 2 is 1.83 bits per heavy atom. The molecule has 1 N–H and O–H groups in total. The standard InChI is InChI=1S/C28H33FN2O5/c1-2-3-16-36-23-7-4-6-21(19-23)25-24(26(32)20-8-10-22(29)11-9-20)27(33)28(34)31(25)13-5-12-30-14-17-35-18-15-30/h4,6-11,19,25,32H,2-3,5,12-18H2,1H3. The predicted octanol–water partition coefficient (Wildman–Crippen LogP) is 4.15. The average molecular weight is 497 g/mol. The molecular weight excluding hydrogens is 463 g/mol. The third-order valence-electron chi connectivity index (χ3n) is 6.58. The van der Waals surface area contributed by atoms with Gasteiger partial charge in [-0.1, -0.05) is 25.5 Å². The van der Waals surface area contributed by atoms with E-state index in [0.717, 1.165) is 32.5 Å². The molecule has 4 rings (SSSR count). The molecule has 2 aromatic carbocycles. The van der Waals surface area contributed by atoms with Crippen LogP contribution in [0.3, 0.4) is 0 Å². The van der Waals surface area contributed by atoms with E-state index in [-0.39, 0.29) is 16.9 Å². The van der Waals surface area contributed by atoms with Crippen LogP contribution in [0.5, 0.6) is 5.75 Å². The van der Waals surface area contributed by atoms with Crippen LogP contribution in [0.4, 0.5) is 4.39 Å². The van der Waals surface area contributed by atoms with Gasteiger partial charge in [0.05, 0.1) is 31.4 Å². The van der Waals surface area contributed by atoms with Crippen molar-refractivity contribution in [3.8, 4) is 5.75 Å². The number of Topliss-reactive ketones (excluding diaryl/α,β-unsaturated/α-hetero) is 1. The second-order valence-electron chi connectivity index (χ2n) is 9.08. The maximum atomic E-state index is 13.5. The highest BCUT2D eigenvalue weighted by molar-refractivity contribution is 6.46. The van der Waals surface area contributed by atoms with Crippen molar-refractivity contribution >= 4 is 17.4 Å². The van der Waals surface area contributed by atoms with Crippen molar-refractivity contribution in [1.82, 2.24) is 9.80 Å². The number of aliphatic hydroxyl groups is 1. The summed E-state index contributed by atoms with van der Waals surface area (Å²) in [5, 5.41) is 11.1. The number of ketones is 1. The summed E-state index contributed by atoms with van der Waals surface area (Å²) < 4.78 is 24.7. The van der Waals surface area contributed by atoms with E-state index in [2.05, 4.69) is 11.8 Å². The molecule has 7 nitrogen and oxygen atoms in total. The normalized spacial score (nSPS) is 20.2. The quantitative estimate of drug-likeness (QED) is 0.230. The predicted molar refractivity (Wildman–Crippen MR) is 134 cm³/mol. The molecule has 0 aliphatic carbocycles. The monoisotopic (exact) mass is 496 g/mol. The number of hydrogen-bond donors (Lipinski definition) is 1. The Hall–Kier alpha value is -3.23. The fourth-order valence-corrected chi connectivity index (χ4v) is 4.62. The second-order valence-corrected chi connectivity index (χ2v) is 9.08. The highest BCUT2D eigenvalue weighted by Crippen LogP contribution is 2.40. The van der Waals surface area contributed by atoms with Crippen LogP contribution in [-0.4, -0.2) is 72.6 Å². The van der Waals surface area contributed by atoms with Crippen molar-refractivity contribution in [2.45, 2.75) is 32.2 Å². The number of carbonyl (C=O) groups is 2. The van der Waals surface area contributed by atoms with Gasteiger partial charge in [-0.2, -0.15) is 0 Å². The summed E-state index contributed by atoms with van der Waals surface area (Å²) in [6.07, 6.45) is 2.59. The fourth-order valence-electron chi connectivity index (χ4n) is 4.62. The van der Waals surface area contributed by atoms with Gasteiger partial charge in [-0.25, -0.2) is 4.39 Å². The van der Waals surface area contributed by atoms with Crippen LogP contribution in [0.25, 0.3) is 5.76 Å². The Bertz CT molecular complexity index is 1100. The second kappa shape index (κ2) is 12.1. The lowest BCUT2D eigenvalue weighted by Crippen LogP contribution is -2.38. The van der Waals surface area contributed by atoms with E-state index >= 15 is 0 Å². The highest BCUT2D eigenvalue weighted by atomic mass is 19.1. The average Bonchev–Trinajstić information content (AvgIpc) is 3.15. The number of morpholine rings is 1. The number of likely N-dealkylation sites (tertiary alicyclic amines) is 1. The van der Waals surface area contributed by atoms with Crippen molar-refractivity contribution in [1.29, 1.82) is 0 Å². The molecule has 2 heterocycles. The van der Waals surface area contributed by atoms with Crippen molar-refractivity contribution in [3.63, 3.8) is 0 Å². The van der Waals surface area contributed by atoms with Crippen molar-refractivity contribution in [2.75, 3.05) is 46.0 Å². The molecule has 0 bridgehead atoms. The highest BCUT2D eigenvalue weighted by Gasteiger charge is 2.46. The van der Waals surface area contributed by atoms with Crippen molar-refractivity contribution in [2.24, 2.45) is 0 Å². The molecule has 192 valence electrons. The first kappa shape index (κ1) is 25.9. The summed E-state index contributed by atoms with van der Waals surface area (Å²) in [5.74, 6) is -1.52. The molecule has 2 saturated heterocycles. The molecule has 0 radical (unpaired) electrons. The van der Waals surface area contributed by atoms with Gasteiger partial charge in [-0.05, 0) is 54.8 Å². The Morgan fingerprint density at radius 1 is 1.08 bits per heavy atom. The van der Waals surface area contributed by atoms with E-state index in [9.17, 15) is 19.1 Å². The van der Waals surface area contributed by atoms with Gasteiger partial charge in [0.1, 0.15) is 17.3 Å². The van der Waals surface area contributed by atoms with E-state index in [1.807, 2.05) is 24.3 Å². The van der Waals surface area contributed by atoms with E-state index in [1.54, 1.807) is 0 Å². The molecule has 2 aliphatic heterocycles. The Balaban J connectivity index is 1.66. The number of hydrogen-bond acceptors (Lipinski definition) is 6. The first-order valence-corrected chi connectivity index (χ1v) is 12.6. The van der Waals surface area contributed by atoms with Gasteiger partial charge in [-0.15, -0.1) is 0 Å². The lowest BCUT2D eigenvalue weighted by Gasteiger charge is -2.29. The number of benzene rings is 2. The van der Waals surface area contributed by atoms with Gasteiger partial charge in [0, 0.05) is 31.7 Å². The zero-order valence-corrected chi connectivity index (χ0v) is 20.6. The molecule has 1 amide bonds. The molecule has 8 heteroatoms. The number of halogens is 1. The van der Waals surface area contributed by atoms with Crippen molar-refractivity contribution < 1.29 is 28.6 Å². The molecule has 0 aromatic heterocycles. The molecule has 2 fully saturated rings. The maximum absolute atomic E-state index is 13.5. The third kappa shape index (κ3) is 5.94. The minimum atomic E-state index is -0.769. The zero-order chi connectivity index (χ0) is 25.5. The Kier molecular flexibility index (Phi) is 8.72. The topological polar surface area (TPSA) is 79.3 Å². The summed E-state index contributed by atoms with van der Waals surface area (Å²) >= 11 is 0. The molecule has 0 spiro atoms. The van der Waals surface area contributed by atoms with E-state index in [4.69, 9.17) is 9.47 Å². The van der Waals surface area contributed by atoms with Crippen LogP contribution in [0.1, 0.15) is 43.4 Å². The van der Waals surface area contributed by atoms with Gasteiger partial charge < -0.3 is 19.5 Å². The summed E-state index contributed by atoms with van der Waals surface area (Å²) in [7, 11) is 0. The van der Waals surface area contributed by atoms with Crippen LogP contribution < -0.4 is 4.74 Å². The van der Waals surface area contributed by atoms with E-state index < -0.39 is 23.5 Å². The van der Waals surface area contributed by atoms with Crippen molar-refractivity contribution in [3.05, 3.63) is 71.0 Å². The minimum absolute atomic E-state index is 0.00342. The number of rotatable bonds is 10. The molecule has 2 aliphatic rings. The third-order valence-corrected chi connectivity index (χ3v) is 6.58. The zero-order valence-electron chi connectivity index (χ0n) is 20.6. The van der Waals surface area contributed by atoms with Crippen LogP contribution in [0.2, 0.25) is 0 Å². The lowest BCUT2D eigenvalue weighted by molar-refractivity contribution is -0.140. The summed E-state index contributed by atoms with van der Waals surface area (Å²) in [6, 6.07) is 11.8. The van der Waals surface area contributed by atoms with Crippen LogP contribution in [-0.2, 0) is 14.3 Å². The number of ether oxygens (including phenoxy) is 2. The SMILES string of the molecule is CCCCOc1cccc(C2C(=C(O)c3ccc(F)cc3)C(=O)C(=O)N2CCCN2CCOCC2)c1.